The lowest BCUT2D eigenvalue weighted by molar-refractivity contribution is -0.141. The van der Waals surface area contributed by atoms with Crippen molar-refractivity contribution in [2.24, 2.45) is 0 Å². The molecule has 0 rings (SSSR count). The number of amides is 2. The molecule has 0 saturated carbocycles. The highest BCUT2D eigenvalue weighted by Crippen LogP contribution is 2.00. The van der Waals surface area contributed by atoms with Gasteiger partial charge in [-0.25, -0.2) is 14.4 Å². The number of carbonyl (C=O) groups is 5. The van der Waals surface area contributed by atoms with Crippen molar-refractivity contribution >= 4 is 30.2 Å². The van der Waals surface area contributed by atoms with Crippen molar-refractivity contribution < 1.29 is 39.3 Å². The number of nitrogens with one attached hydrogen (secondary N) is 2. The van der Waals surface area contributed by atoms with Crippen molar-refractivity contribution in [2.75, 3.05) is 0 Å². The van der Waals surface area contributed by atoms with Crippen molar-refractivity contribution in [2.45, 2.75) is 37.8 Å². The van der Waals surface area contributed by atoms with Crippen LogP contribution in [0.2, 0.25) is 0 Å². The monoisotopic (exact) mass is 304 g/mol. The Bertz CT molecular complexity index is 422. The molecule has 0 bridgehead atoms. The molecular weight excluding hydrogens is 288 g/mol. The zero-order valence-electron chi connectivity index (χ0n) is 10.9. The molecule has 0 aromatic rings. The minimum atomic E-state index is -1.46. The van der Waals surface area contributed by atoms with Gasteiger partial charge in [-0.05, 0) is 12.8 Å². The maximum absolute atomic E-state index is 11.5. The van der Waals surface area contributed by atoms with Crippen LogP contribution in [0.5, 0.6) is 0 Å². The highest BCUT2D eigenvalue weighted by molar-refractivity contribution is 5.86. The Balaban J connectivity index is 4.52. The fourth-order valence-corrected chi connectivity index (χ4v) is 1.38. The summed E-state index contributed by atoms with van der Waals surface area (Å²) in [7, 11) is 0. The van der Waals surface area contributed by atoms with E-state index >= 15 is 0 Å². The number of carboxylic acids is 3. The minimum absolute atomic E-state index is 0.0847. The average Bonchev–Trinajstić information content (AvgIpc) is 2.38. The smallest absolute Gasteiger partial charge is 0.326 e. The Morgan fingerprint density at radius 1 is 0.905 bits per heavy atom. The standard InChI is InChI=1S/C11H16N2O8/c14-5-1-2-6(9(17)18)12-11(21)13-7(10(19)20)3-4-8(15)16/h5-7H,1-4H2,(H,15,16)(H,17,18)(H,19,20)(H2,12,13,21). The number of carboxylic acid groups (broad SMARTS) is 3. The molecule has 2 amide bonds. The van der Waals surface area contributed by atoms with E-state index in [-0.39, 0.29) is 19.3 Å². The lowest BCUT2D eigenvalue weighted by Gasteiger charge is -2.17. The number of carbonyl (C=O) groups excluding carboxylic acids is 2. The number of hydrogen-bond donors (Lipinski definition) is 5. The van der Waals surface area contributed by atoms with Crippen LogP contribution in [0.4, 0.5) is 4.79 Å². The van der Waals surface area contributed by atoms with Gasteiger partial charge in [0.2, 0.25) is 0 Å². The van der Waals surface area contributed by atoms with Crippen molar-refractivity contribution in [3.8, 4) is 0 Å². The summed E-state index contributed by atoms with van der Waals surface area (Å²) < 4.78 is 0. The molecule has 0 aliphatic rings. The van der Waals surface area contributed by atoms with Gasteiger partial charge in [0, 0.05) is 12.8 Å². The van der Waals surface area contributed by atoms with Gasteiger partial charge in [0.15, 0.2) is 0 Å². The van der Waals surface area contributed by atoms with Crippen molar-refractivity contribution in [1.82, 2.24) is 10.6 Å². The van der Waals surface area contributed by atoms with Crippen LogP contribution in [-0.2, 0) is 19.2 Å². The lowest BCUT2D eigenvalue weighted by atomic mass is 10.1. The third-order valence-corrected chi connectivity index (χ3v) is 2.43. The van der Waals surface area contributed by atoms with Crippen molar-refractivity contribution in [1.29, 1.82) is 0 Å². The second kappa shape index (κ2) is 9.28. The summed E-state index contributed by atoms with van der Waals surface area (Å²) in [5.74, 6) is -4.03. The molecule has 2 unspecified atom stereocenters. The van der Waals surface area contributed by atoms with Gasteiger partial charge in [-0.2, -0.15) is 0 Å². The number of hydrogen-bond acceptors (Lipinski definition) is 5. The normalized spacial score (nSPS) is 12.8. The molecule has 0 aromatic heterocycles. The van der Waals surface area contributed by atoms with Crippen LogP contribution >= 0.6 is 0 Å². The summed E-state index contributed by atoms with van der Waals surface area (Å²) in [6.07, 6.45) is -0.547. The average molecular weight is 304 g/mol. The van der Waals surface area contributed by atoms with Crippen LogP contribution in [0.15, 0.2) is 0 Å². The Morgan fingerprint density at radius 2 is 1.38 bits per heavy atom. The second-order valence-electron chi connectivity index (χ2n) is 4.08. The van der Waals surface area contributed by atoms with Gasteiger partial charge in [-0.15, -0.1) is 0 Å². The van der Waals surface area contributed by atoms with Crippen LogP contribution in [-0.4, -0.2) is 57.6 Å². The second-order valence-corrected chi connectivity index (χ2v) is 4.08. The maximum Gasteiger partial charge on any atom is 0.326 e. The highest BCUT2D eigenvalue weighted by Gasteiger charge is 2.24. The summed E-state index contributed by atoms with van der Waals surface area (Å²) in [4.78, 5) is 53.7. The molecule has 0 aliphatic heterocycles. The van der Waals surface area contributed by atoms with Gasteiger partial charge in [0.05, 0.1) is 0 Å². The Hall–Kier alpha value is -2.65. The molecule has 10 nitrogen and oxygen atoms in total. The fraction of sp³-hybridized carbons (Fsp3) is 0.545. The Kier molecular flexibility index (Phi) is 8.11. The molecule has 118 valence electrons. The summed E-state index contributed by atoms with van der Waals surface area (Å²) in [6.45, 7) is 0. The molecule has 10 heteroatoms. The molecule has 0 aliphatic carbocycles. The van der Waals surface area contributed by atoms with Crippen LogP contribution in [0.25, 0.3) is 0 Å². The predicted octanol–water partition coefficient (Wildman–Crippen LogP) is -0.964. The maximum atomic E-state index is 11.5. The summed E-state index contributed by atoms with van der Waals surface area (Å²) in [5, 5.41) is 30.1. The highest BCUT2D eigenvalue weighted by atomic mass is 16.4. The van der Waals surface area contributed by atoms with E-state index in [2.05, 4.69) is 0 Å². The number of rotatable bonds is 10. The van der Waals surface area contributed by atoms with E-state index in [0.29, 0.717) is 6.29 Å². The number of aldehydes is 1. The third kappa shape index (κ3) is 8.18. The van der Waals surface area contributed by atoms with Crippen LogP contribution in [0.1, 0.15) is 25.7 Å². The first-order valence-electron chi connectivity index (χ1n) is 5.96. The molecule has 21 heavy (non-hydrogen) atoms. The molecule has 0 radical (unpaired) electrons. The first kappa shape index (κ1) is 18.4. The van der Waals surface area contributed by atoms with E-state index < -0.39 is 42.4 Å². The number of urea groups is 1. The van der Waals surface area contributed by atoms with Crippen molar-refractivity contribution in [3.05, 3.63) is 0 Å². The third-order valence-electron chi connectivity index (χ3n) is 2.43. The molecule has 0 aromatic carbocycles. The first-order chi connectivity index (χ1) is 9.77. The van der Waals surface area contributed by atoms with Gasteiger partial charge in [-0.1, -0.05) is 0 Å². The Labute approximate surface area is 119 Å². The largest absolute Gasteiger partial charge is 0.481 e. The fourth-order valence-electron chi connectivity index (χ4n) is 1.38. The van der Waals surface area contributed by atoms with Gasteiger partial charge >= 0.3 is 23.9 Å². The lowest BCUT2D eigenvalue weighted by Crippen LogP contribution is -2.51. The van der Waals surface area contributed by atoms with Crippen LogP contribution < -0.4 is 10.6 Å². The summed E-state index contributed by atoms with van der Waals surface area (Å²) >= 11 is 0. The van der Waals surface area contributed by atoms with E-state index in [1.807, 2.05) is 10.6 Å². The topological polar surface area (TPSA) is 170 Å². The van der Waals surface area contributed by atoms with Gasteiger partial charge < -0.3 is 30.7 Å². The van der Waals surface area contributed by atoms with Gasteiger partial charge in [-0.3, -0.25) is 4.79 Å². The van der Waals surface area contributed by atoms with E-state index in [0.717, 1.165) is 0 Å². The zero-order valence-corrected chi connectivity index (χ0v) is 10.9. The molecule has 5 N–H and O–H groups in total. The zero-order chi connectivity index (χ0) is 16.4. The molecule has 2 atom stereocenters. The van der Waals surface area contributed by atoms with E-state index in [4.69, 9.17) is 15.3 Å². The molecule has 0 fully saturated rings. The van der Waals surface area contributed by atoms with Crippen molar-refractivity contribution in [3.63, 3.8) is 0 Å². The van der Waals surface area contributed by atoms with Crippen LogP contribution in [0, 0.1) is 0 Å². The number of aliphatic carboxylic acids is 3. The quantitative estimate of drug-likeness (QED) is 0.321. The SMILES string of the molecule is O=CCCC(NC(=O)NC(CCC(=O)O)C(=O)O)C(=O)O. The molecular formula is C11H16N2O8. The van der Waals surface area contributed by atoms with Crippen LogP contribution in [0.3, 0.4) is 0 Å². The predicted molar refractivity (Wildman–Crippen MR) is 66.7 cm³/mol. The Morgan fingerprint density at radius 3 is 1.76 bits per heavy atom. The van der Waals surface area contributed by atoms with Gasteiger partial charge in [0.25, 0.3) is 0 Å². The minimum Gasteiger partial charge on any atom is -0.481 e. The summed E-state index contributed by atoms with van der Waals surface area (Å²) in [5.41, 5.74) is 0. The first-order valence-corrected chi connectivity index (χ1v) is 5.96. The van der Waals surface area contributed by atoms with E-state index in [1.165, 1.54) is 0 Å². The molecule has 0 saturated heterocycles. The summed E-state index contributed by atoms with van der Waals surface area (Å²) in [6, 6.07) is -3.86. The van der Waals surface area contributed by atoms with E-state index in [1.54, 1.807) is 0 Å². The molecule has 0 heterocycles. The molecule has 0 spiro atoms. The van der Waals surface area contributed by atoms with E-state index in [9.17, 15) is 24.0 Å². The van der Waals surface area contributed by atoms with Gasteiger partial charge in [0.1, 0.15) is 18.4 Å².